The van der Waals surface area contributed by atoms with E-state index in [1.807, 2.05) is 20.8 Å². The third kappa shape index (κ3) is 5.54. The Kier molecular flexibility index (Phi) is 8.00. The molecule has 0 fully saturated rings. The molecule has 1 atom stereocenters. The number of sulfonamides is 1. The van der Waals surface area contributed by atoms with Crippen LogP contribution in [0.4, 0.5) is 5.69 Å². The van der Waals surface area contributed by atoms with Gasteiger partial charge in [-0.2, -0.15) is 4.31 Å². The van der Waals surface area contributed by atoms with Gasteiger partial charge in [-0.1, -0.05) is 49.7 Å². The SMILES string of the molecule is CCN(CC)S(=O)(=O)c1ccc([C@H](C)NCC(=O)Nc2ccccc2Cl)cc1. The number of hydrogen-bond donors (Lipinski definition) is 2. The molecule has 0 spiro atoms. The van der Waals surface area contributed by atoms with Gasteiger partial charge in [-0.25, -0.2) is 8.42 Å². The Morgan fingerprint density at radius 2 is 1.68 bits per heavy atom. The van der Waals surface area contributed by atoms with Crippen LogP contribution >= 0.6 is 11.6 Å². The number of rotatable bonds is 9. The fourth-order valence-electron chi connectivity index (χ4n) is 2.76. The van der Waals surface area contributed by atoms with Crippen LogP contribution in [0.5, 0.6) is 0 Å². The number of benzene rings is 2. The summed E-state index contributed by atoms with van der Waals surface area (Å²) in [5.41, 5.74) is 1.46. The fraction of sp³-hybridized carbons (Fsp3) is 0.350. The largest absolute Gasteiger partial charge is 0.324 e. The van der Waals surface area contributed by atoms with E-state index in [2.05, 4.69) is 10.6 Å². The van der Waals surface area contributed by atoms with E-state index in [-0.39, 0.29) is 23.4 Å². The highest BCUT2D eigenvalue weighted by atomic mass is 35.5. The number of anilines is 1. The zero-order valence-corrected chi connectivity index (χ0v) is 17.8. The maximum atomic E-state index is 12.5. The number of carbonyl (C=O) groups excluding carboxylic acids is 1. The number of halogens is 1. The van der Waals surface area contributed by atoms with Gasteiger partial charge in [0.1, 0.15) is 0 Å². The van der Waals surface area contributed by atoms with Gasteiger partial charge in [0.2, 0.25) is 15.9 Å². The molecule has 6 nitrogen and oxygen atoms in total. The standard InChI is InChI=1S/C20H26ClN3O3S/c1-4-24(5-2)28(26,27)17-12-10-16(11-13-17)15(3)22-14-20(25)23-19-9-7-6-8-18(19)21/h6-13,15,22H,4-5,14H2,1-3H3,(H,23,25)/t15-/m0/s1. The van der Waals surface area contributed by atoms with Crippen molar-refractivity contribution in [3.63, 3.8) is 0 Å². The maximum Gasteiger partial charge on any atom is 0.243 e. The summed E-state index contributed by atoms with van der Waals surface area (Å²) in [5.74, 6) is -0.208. The topological polar surface area (TPSA) is 78.5 Å². The second-order valence-corrected chi connectivity index (χ2v) is 8.63. The first-order valence-corrected chi connectivity index (χ1v) is 11.0. The van der Waals surface area contributed by atoms with Gasteiger partial charge >= 0.3 is 0 Å². The van der Waals surface area contributed by atoms with Crippen LogP contribution in [0.2, 0.25) is 5.02 Å². The minimum atomic E-state index is -3.47. The Labute approximate surface area is 171 Å². The monoisotopic (exact) mass is 423 g/mol. The third-order valence-corrected chi connectivity index (χ3v) is 6.83. The first kappa shape index (κ1) is 22.4. The number of para-hydroxylation sites is 1. The predicted molar refractivity (Wildman–Crippen MR) is 113 cm³/mol. The lowest BCUT2D eigenvalue weighted by molar-refractivity contribution is -0.115. The summed E-state index contributed by atoms with van der Waals surface area (Å²) in [7, 11) is -3.47. The Bertz CT molecular complexity index is 897. The summed E-state index contributed by atoms with van der Waals surface area (Å²) in [6.07, 6.45) is 0. The van der Waals surface area contributed by atoms with Crippen LogP contribution in [0.3, 0.4) is 0 Å². The molecular weight excluding hydrogens is 398 g/mol. The van der Waals surface area contributed by atoms with Crippen molar-refractivity contribution in [1.82, 2.24) is 9.62 Å². The van der Waals surface area contributed by atoms with Gasteiger partial charge in [0, 0.05) is 19.1 Å². The number of nitrogens with one attached hydrogen (secondary N) is 2. The van der Waals surface area contributed by atoms with Crippen LogP contribution in [0.1, 0.15) is 32.4 Å². The summed E-state index contributed by atoms with van der Waals surface area (Å²) < 4.78 is 26.5. The highest BCUT2D eigenvalue weighted by molar-refractivity contribution is 7.89. The molecule has 8 heteroatoms. The average Bonchev–Trinajstić information content (AvgIpc) is 2.68. The molecule has 0 heterocycles. The lowest BCUT2D eigenvalue weighted by Crippen LogP contribution is -2.31. The van der Waals surface area contributed by atoms with E-state index < -0.39 is 10.0 Å². The summed E-state index contributed by atoms with van der Waals surface area (Å²) in [6, 6.07) is 13.6. The van der Waals surface area contributed by atoms with Crippen LogP contribution in [0, 0.1) is 0 Å². The smallest absolute Gasteiger partial charge is 0.243 e. The number of hydrogen-bond acceptors (Lipinski definition) is 4. The Hall–Kier alpha value is -1.93. The Morgan fingerprint density at radius 1 is 1.07 bits per heavy atom. The van der Waals surface area contributed by atoms with Crippen LogP contribution in [0.25, 0.3) is 0 Å². The molecule has 0 aliphatic rings. The van der Waals surface area contributed by atoms with Gasteiger partial charge in [0.25, 0.3) is 0 Å². The van der Waals surface area contributed by atoms with Gasteiger partial charge in [0.05, 0.1) is 22.2 Å². The van der Waals surface area contributed by atoms with Crippen molar-refractivity contribution in [1.29, 1.82) is 0 Å². The minimum absolute atomic E-state index is 0.103. The first-order valence-electron chi connectivity index (χ1n) is 9.17. The average molecular weight is 424 g/mol. The van der Waals surface area contributed by atoms with Gasteiger partial charge in [-0.05, 0) is 36.8 Å². The van der Waals surface area contributed by atoms with Crippen LogP contribution in [-0.2, 0) is 14.8 Å². The van der Waals surface area contributed by atoms with Gasteiger partial charge in [-0.15, -0.1) is 0 Å². The van der Waals surface area contributed by atoms with Crippen molar-refractivity contribution in [2.75, 3.05) is 25.0 Å². The van der Waals surface area contributed by atoms with E-state index in [1.54, 1.807) is 48.5 Å². The molecule has 0 aliphatic heterocycles. The number of carbonyl (C=O) groups is 1. The van der Waals surface area contributed by atoms with Gasteiger partial charge in [0.15, 0.2) is 0 Å². The van der Waals surface area contributed by atoms with Crippen LogP contribution in [0.15, 0.2) is 53.4 Å². The Morgan fingerprint density at radius 3 is 2.25 bits per heavy atom. The summed E-state index contributed by atoms with van der Waals surface area (Å²) in [6.45, 7) is 6.50. The highest BCUT2D eigenvalue weighted by Crippen LogP contribution is 2.21. The van der Waals surface area contributed by atoms with Gasteiger partial charge < -0.3 is 10.6 Å². The first-order chi connectivity index (χ1) is 13.3. The second-order valence-electron chi connectivity index (χ2n) is 6.29. The van der Waals surface area contributed by atoms with Crippen molar-refractivity contribution in [2.45, 2.75) is 31.7 Å². The molecule has 2 aromatic rings. The maximum absolute atomic E-state index is 12.5. The van der Waals surface area contributed by atoms with E-state index in [4.69, 9.17) is 11.6 Å². The lowest BCUT2D eigenvalue weighted by atomic mass is 10.1. The normalized spacial score (nSPS) is 12.8. The molecular formula is C20H26ClN3O3S. The van der Waals surface area contributed by atoms with Crippen molar-refractivity contribution in [3.05, 3.63) is 59.1 Å². The van der Waals surface area contributed by atoms with Crippen LogP contribution < -0.4 is 10.6 Å². The van der Waals surface area contributed by atoms with Crippen molar-refractivity contribution >= 4 is 33.2 Å². The molecule has 1 amide bonds. The van der Waals surface area contributed by atoms with E-state index in [9.17, 15) is 13.2 Å². The molecule has 0 saturated carbocycles. The molecule has 2 rings (SSSR count). The molecule has 2 N–H and O–H groups in total. The second kappa shape index (κ2) is 10.0. The number of nitrogens with zero attached hydrogens (tertiary/aromatic N) is 1. The summed E-state index contributed by atoms with van der Waals surface area (Å²) in [4.78, 5) is 12.4. The molecule has 28 heavy (non-hydrogen) atoms. The van der Waals surface area contributed by atoms with Crippen molar-refractivity contribution in [3.8, 4) is 0 Å². The van der Waals surface area contributed by atoms with E-state index in [0.29, 0.717) is 23.8 Å². The molecule has 0 aromatic heterocycles. The quantitative estimate of drug-likeness (QED) is 0.645. The van der Waals surface area contributed by atoms with E-state index >= 15 is 0 Å². The van der Waals surface area contributed by atoms with E-state index in [1.165, 1.54) is 4.31 Å². The Balaban J connectivity index is 1.97. The summed E-state index contributed by atoms with van der Waals surface area (Å²) in [5, 5.41) is 6.36. The van der Waals surface area contributed by atoms with Crippen LogP contribution in [-0.4, -0.2) is 38.3 Å². The zero-order valence-electron chi connectivity index (χ0n) is 16.3. The van der Waals surface area contributed by atoms with Crippen molar-refractivity contribution in [2.24, 2.45) is 0 Å². The fourth-order valence-corrected chi connectivity index (χ4v) is 4.40. The molecule has 0 bridgehead atoms. The predicted octanol–water partition coefficient (Wildman–Crippen LogP) is 3.66. The van der Waals surface area contributed by atoms with Gasteiger partial charge in [-0.3, -0.25) is 4.79 Å². The molecule has 0 radical (unpaired) electrons. The van der Waals surface area contributed by atoms with Crippen molar-refractivity contribution < 1.29 is 13.2 Å². The highest BCUT2D eigenvalue weighted by Gasteiger charge is 2.21. The molecule has 0 aliphatic carbocycles. The molecule has 2 aromatic carbocycles. The third-order valence-electron chi connectivity index (χ3n) is 4.44. The number of amides is 1. The molecule has 0 saturated heterocycles. The summed E-state index contributed by atoms with van der Waals surface area (Å²) >= 11 is 6.03. The van der Waals surface area contributed by atoms with E-state index in [0.717, 1.165) is 5.56 Å². The zero-order chi connectivity index (χ0) is 20.7. The lowest BCUT2D eigenvalue weighted by Gasteiger charge is -2.19. The molecule has 152 valence electrons. The minimum Gasteiger partial charge on any atom is -0.324 e. The molecule has 0 unspecified atom stereocenters.